The molecule has 1 aromatic rings. The molecule has 102 valence electrons. The summed E-state index contributed by atoms with van der Waals surface area (Å²) in [4.78, 5) is 0. The van der Waals surface area contributed by atoms with E-state index in [2.05, 4.69) is 12.2 Å². The van der Waals surface area contributed by atoms with Crippen LogP contribution in [-0.4, -0.2) is 6.54 Å². The van der Waals surface area contributed by atoms with Crippen LogP contribution >= 0.6 is 0 Å². The molecule has 1 rings (SSSR count). The molecule has 1 atom stereocenters. The van der Waals surface area contributed by atoms with Gasteiger partial charge < -0.3 is 5.32 Å². The van der Waals surface area contributed by atoms with Gasteiger partial charge in [-0.05, 0) is 43.1 Å². The van der Waals surface area contributed by atoms with Gasteiger partial charge in [-0.15, -0.1) is 0 Å². The van der Waals surface area contributed by atoms with Gasteiger partial charge in [0.05, 0.1) is 5.56 Å². The van der Waals surface area contributed by atoms with Crippen molar-refractivity contribution in [2.45, 2.75) is 45.8 Å². The summed E-state index contributed by atoms with van der Waals surface area (Å²) in [5.74, 6) is 0. The predicted octanol–water partition coefficient (Wildman–Crippen LogP) is 4.46. The lowest BCUT2D eigenvalue weighted by molar-refractivity contribution is -0.137. The molecule has 1 aromatic carbocycles. The van der Waals surface area contributed by atoms with Gasteiger partial charge >= 0.3 is 6.18 Å². The maximum atomic E-state index is 12.6. The van der Waals surface area contributed by atoms with Crippen LogP contribution < -0.4 is 5.32 Å². The van der Waals surface area contributed by atoms with Gasteiger partial charge in [-0.1, -0.05) is 26.3 Å². The molecule has 1 unspecified atom stereocenters. The van der Waals surface area contributed by atoms with Crippen LogP contribution in [0.25, 0.3) is 0 Å². The van der Waals surface area contributed by atoms with Gasteiger partial charge in [0.25, 0.3) is 0 Å². The predicted molar refractivity (Wildman–Crippen MR) is 67.5 cm³/mol. The highest BCUT2D eigenvalue weighted by atomic mass is 19.4. The van der Waals surface area contributed by atoms with Crippen LogP contribution in [0.3, 0.4) is 0 Å². The van der Waals surface area contributed by atoms with Crippen LogP contribution in [0.4, 0.5) is 13.2 Å². The van der Waals surface area contributed by atoms with Crippen molar-refractivity contribution in [1.82, 2.24) is 5.32 Å². The fourth-order valence-corrected chi connectivity index (χ4v) is 2.15. The first-order chi connectivity index (χ1) is 8.40. The summed E-state index contributed by atoms with van der Waals surface area (Å²) in [5.41, 5.74) is 1.09. The zero-order valence-electron chi connectivity index (χ0n) is 11.1. The van der Waals surface area contributed by atoms with Crippen molar-refractivity contribution in [2.75, 3.05) is 6.54 Å². The molecule has 0 aliphatic rings. The van der Waals surface area contributed by atoms with E-state index in [0.717, 1.165) is 24.9 Å². The number of aryl methyl sites for hydroxylation is 1. The molecule has 0 aliphatic heterocycles. The third-order valence-electron chi connectivity index (χ3n) is 3.00. The molecule has 0 spiro atoms. The lowest BCUT2D eigenvalue weighted by Crippen LogP contribution is -2.21. The van der Waals surface area contributed by atoms with Crippen molar-refractivity contribution in [3.8, 4) is 0 Å². The second kappa shape index (κ2) is 6.23. The van der Waals surface area contributed by atoms with Crippen LogP contribution in [0.2, 0.25) is 0 Å². The minimum atomic E-state index is -4.26. The second-order valence-electron chi connectivity index (χ2n) is 4.47. The maximum Gasteiger partial charge on any atom is 0.416 e. The summed E-state index contributed by atoms with van der Waals surface area (Å²) in [6, 6.07) is 4.14. The highest BCUT2D eigenvalue weighted by Gasteiger charge is 2.30. The van der Waals surface area contributed by atoms with Crippen LogP contribution in [-0.2, 0) is 6.18 Å². The zero-order valence-corrected chi connectivity index (χ0v) is 11.1. The zero-order chi connectivity index (χ0) is 13.8. The molecule has 4 heteroatoms. The van der Waals surface area contributed by atoms with E-state index in [0.29, 0.717) is 5.56 Å². The van der Waals surface area contributed by atoms with Crippen molar-refractivity contribution < 1.29 is 13.2 Å². The molecule has 0 saturated heterocycles. The summed E-state index contributed by atoms with van der Waals surface area (Å²) < 4.78 is 37.7. The van der Waals surface area contributed by atoms with Crippen LogP contribution in [0, 0.1) is 6.92 Å². The Morgan fingerprint density at radius 1 is 1.22 bits per heavy atom. The second-order valence-corrected chi connectivity index (χ2v) is 4.47. The highest BCUT2D eigenvalue weighted by molar-refractivity contribution is 5.34. The molecule has 18 heavy (non-hydrogen) atoms. The van der Waals surface area contributed by atoms with E-state index in [1.165, 1.54) is 12.1 Å². The number of benzene rings is 1. The third kappa shape index (κ3) is 3.73. The SMILES string of the molecule is CCCC(NCC)c1ccc(C(F)(F)F)cc1C. The Labute approximate surface area is 106 Å². The van der Waals surface area contributed by atoms with E-state index in [1.807, 2.05) is 6.92 Å². The van der Waals surface area contributed by atoms with E-state index in [9.17, 15) is 13.2 Å². The van der Waals surface area contributed by atoms with Crippen LogP contribution in [0.5, 0.6) is 0 Å². The molecule has 0 saturated carbocycles. The van der Waals surface area contributed by atoms with E-state index < -0.39 is 11.7 Å². The first kappa shape index (κ1) is 15.0. The van der Waals surface area contributed by atoms with Crippen LogP contribution in [0.15, 0.2) is 18.2 Å². The minimum Gasteiger partial charge on any atom is -0.310 e. The smallest absolute Gasteiger partial charge is 0.310 e. The van der Waals surface area contributed by atoms with Crippen molar-refractivity contribution >= 4 is 0 Å². The Bertz CT molecular complexity index is 379. The van der Waals surface area contributed by atoms with Crippen molar-refractivity contribution in [3.05, 3.63) is 34.9 Å². The largest absolute Gasteiger partial charge is 0.416 e. The van der Waals surface area contributed by atoms with Crippen molar-refractivity contribution in [2.24, 2.45) is 0 Å². The molecule has 0 radical (unpaired) electrons. The van der Waals surface area contributed by atoms with Gasteiger partial charge in [0, 0.05) is 6.04 Å². The molecule has 1 nitrogen and oxygen atoms in total. The van der Waals surface area contributed by atoms with E-state index in [4.69, 9.17) is 0 Å². The summed E-state index contributed by atoms with van der Waals surface area (Å²) in [7, 11) is 0. The van der Waals surface area contributed by atoms with Crippen molar-refractivity contribution in [3.63, 3.8) is 0 Å². The minimum absolute atomic E-state index is 0.141. The average Bonchev–Trinajstić information content (AvgIpc) is 2.27. The third-order valence-corrected chi connectivity index (χ3v) is 3.00. The van der Waals surface area contributed by atoms with Gasteiger partial charge in [-0.25, -0.2) is 0 Å². The average molecular weight is 259 g/mol. The number of rotatable bonds is 5. The molecule has 0 aliphatic carbocycles. The van der Waals surface area contributed by atoms with Gasteiger partial charge in [0.15, 0.2) is 0 Å². The number of hydrogen-bond donors (Lipinski definition) is 1. The molecule has 0 bridgehead atoms. The molecule has 0 amide bonds. The fraction of sp³-hybridized carbons (Fsp3) is 0.571. The molecule has 0 heterocycles. The summed E-state index contributed by atoms with van der Waals surface area (Å²) >= 11 is 0. The van der Waals surface area contributed by atoms with E-state index in [-0.39, 0.29) is 6.04 Å². The van der Waals surface area contributed by atoms with E-state index in [1.54, 1.807) is 13.0 Å². The summed E-state index contributed by atoms with van der Waals surface area (Å²) in [6.07, 6.45) is -2.33. The van der Waals surface area contributed by atoms with Gasteiger partial charge in [0.1, 0.15) is 0 Å². The monoisotopic (exact) mass is 259 g/mol. The quantitative estimate of drug-likeness (QED) is 0.823. The Morgan fingerprint density at radius 3 is 2.33 bits per heavy atom. The summed E-state index contributed by atoms with van der Waals surface area (Å²) in [5, 5.41) is 3.32. The molecular formula is C14H20F3N. The molecule has 1 N–H and O–H groups in total. The first-order valence-electron chi connectivity index (χ1n) is 6.31. The van der Waals surface area contributed by atoms with Gasteiger partial charge in [0.2, 0.25) is 0 Å². The molecule has 0 aromatic heterocycles. The Hall–Kier alpha value is -1.03. The standard InChI is InChI=1S/C14H20F3N/c1-4-6-13(18-5-2)12-8-7-11(9-10(12)3)14(15,16)17/h7-9,13,18H,4-6H2,1-3H3. The highest BCUT2D eigenvalue weighted by Crippen LogP contribution is 2.32. The Kier molecular flexibility index (Phi) is 5.20. The topological polar surface area (TPSA) is 12.0 Å². The molecule has 0 fully saturated rings. The van der Waals surface area contributed by atoms with Gasteiger partial charge in [-0.3, -0.25) is 0 Å². The lowest BCUT2D eigenvalue weighted by atomic mass is 9.96. The normalized spacial score (nSPS) is 13.7. The number of hydrogen-bond acceptors (Lipinski definition) is 1. The Balaban J connectivity index is 3.03. The summed E-state index contributed by atoms with van der Waals surface area (Å²) in [6.45, 7) is 6.63. The van der Waals surface area contributed by atoms with Crippen LogP contribution in [0.1, 0.15) is 49.4 Å². The number of alkyl halides is 3. The van der Waals surface area contributed by atoms with E-state index >= 15 is 0 Å². The Morgan fingerprint density at radius 2 is 1.89 bits per heavy atom. The fourth-order valence-electron chi connectivity index (χ4n) is 2.15. The lowest BCUT2D eigenvalue weighted by Gasteiger charge is -2.20. The maximum absolute atomic E-state index is 12.6. The first-order valence-corrected chi connectivity index (χ1v) is 6.31. The van der Waals surface area contributed by atoms with Gasteiger partial charge in [-0.2, -0.15) is 13.2 Å². The van der Waals surface area contributed by atoms with Crippen molar-refractivity contribution in [1.29, 1.82) is 0 Å². The number of halogens is 3. The number of nitrogens with one attached hydrogen (secondary N) is 1. The molecular weight excluding hydrogens is 239 g/mol.